The molecule has 0 saturated carbocycles. The second kappa shape index (κ2) is 15.0. The minimum atomic E-state index is -5.62. The van der Waals surface area contributed by atoms with E-state index >= 15 is 0 Å². The van der Waals surface area contributed by atoms with Gasteiger partial charge < -0.3 is 25.2 Å². The van der Waals surface area contributed by atoms with Crippen molar-refractivity contribution in [1.29, 1.82) is 0 Å². The standard InChI is InChI=1S/C6H8O7.Mn.3Na.4O/c7-3(8)1-6(13,5(11)12)2-4(9)10;;;;;;;;/h13H,1-2H2,(H,7,8)(H,9,10)(H,11,12);;;;;;;;/q;;3*+1;;;2*-1/p-1. The summed E-state index contributed by atoms with van der Waals surface area (Å²) in [7, 11) is 0. The first kappa shape index (κ1) is 33.9. The topological polar surface area (TPSA) is 215 Å². The van der Waals surface area contributed by atoms with Crippen LogP contribution in [0, 0.1) is 0 Å². The van der Waals surface area contributed by atoms with Gasteiger partial charge in [-0.05, 0) is 0 Å². The van der Waals surface area contributed by atoms with E-state index in [9.17, 15) is 19.5 Å². The zero-order valence-corrected chi connectivity index (χ0v) is 18.6. The molecule has 0 bridgehead atoms. The summed E-state index contributed by atoms with van der Waals surface area (Å²) in [6.07, 6.45) is -2.44. The molecule has 0 spiro atoms. The fourth-order valence-corrected chi connectivity index (χ4v) is 0.703. The Bertz CT molecular complexity index is 409. The number of hydrogen-bond acceptors (Lipinski definition) is 9. The molecule has 1 atom stereocenters. The fraction of sp³-hybridized carbons (Fsp3) is 0.500. The maximum atomic E-state index is 10.3. The van der Waals surface area contributed by atoms with Crippen LogP contribution < -0.4 is 102 Å². The molecule has 0 aliphatic heterocycles. The molecular weight excluding hydrogens is 372 g/mol. The van der Waals surface area contributed by atoms with Crippen molar-refractivity contribution < 1.29 is 153 Å². The SMILES string of the molecule is O=C([O-])CC(O)(CC(=O)O)C(=O)O.[Na+].[Na+].[Na+].[O]=[Mn](=[O])([O-])[O-]. The Hall–Kier alpha value is 1.41. The van der Waals surface area contributed by atoms with E-state index in [-0.39, 0.29) is 88.7 Å². The molecule has 0 aliphatic carbocycles. The Morgan fingerprint density at radius 2 is 1.24 bits per heavy atom. The zero-order valence-electron chi connectivity index (χ0n) is 11.4. The van der Waals surface area contributed by atoms with Gasteiger partial charge in [-0.2, -0.15) is 0 Å². The van der Waals surface area contributed by atoms with Crippen molar-refractivity contribution in [3.8, 4) is 0 Å². The molecule has 21 heavy (non-hydrogen) atoms. The van der Waals surface area contributed by atoms with Gasteiger partial charge in [-0.15, -0.1) is 0 Å². The van der Waals surface area contributed by atoms with Crippen molar-refractivity contribution in [2.75, 3.05) is 0 Å². The van der Waals surface area contributed by atoms with E-state index in [4.69, 9.17) is 31.4 Å². The maximum absolute atomic E-state index is 10.3. The Labute approximate surface area is 186 Å². The molecule has 0 aromatic heterocycles. The first-order valence-corrected chi connectivity index (χ1v) is 5.70. The Morgan fingerprint density at radius 1 is 0.952 bits per heavy atom. The molecule has 0 amide bonds. The van der Waals surface area contributed by atoms with Crippen LogP contribution >= 0.6 is 0 Å². The molecule has 0 aromatic rings. The zero-order chi connectivity index (χ0) is 15.1. The molecule has 0 radical (unpaired) electrons. The predicted octanol–water partition coefficient (Wildman–Crippen LogP) is -14.2. The molecule has 107 valence electrons. The minimum absolute atomic E-state index is 0. The van der Waals surface area contributed by atoms with Crippen molar-refractivity contribution in [3.63, 3.8) is 0 Å². The van der Waals surface area contributed by atoms with Gasteiger partial charge in [0.2, 0.25) is 0 Å². The van der Waals surface area contributed by atoms with Gasteiger partial charge in [-0.1, -0.05) is 0 Å². The van der Waals surface area contributed by atoms with Crippen molar-refractivity contribution in [2.24, 2.45) is 0 Å². The third kappa shape index (κ3) is 26.6. The van der Waals surface area contributed by atoms with E-state index < -0.39 is 49.7 Å². The Morgan fingerprint density at radius 3 is 1.38 bits per heavy atom. The summed E-state index contributed by atoms with van der Waals surface area (Å²) >= 11 is -5.62. The molecule has 0 saturated heterocycles. The monoisotopic (exact) mass is 379 g/mol. The number of carboxylic acids is 3. The van der Waals surface area contributed by atoms with Crippen LogP contribution in [0.25, 0.3) is 0 Å². The third-order valence-corrected chi connectivity index (χ3v) is 1.28. The molecule has 15 heteroatoms. The van der Waals surface area contributed by atoms with Crippen LogP contribution in [0.2, 0.25) is 0 Å². The van der Waals surface area contributed by atoms with E-state index in [2.05, 4.69) is 0 Å². The summed E-state index contributed by atoms with van der Waals surface area (Å²) in [5, 5.41) is 35.5. The van der Waals surface area contributed by atoms with Crippen molar-refractivity contribution >= 4 is 17.9 Å². The first-order valence-electron chi connectivity index (χ1n) is 3.77. The van der Waals surface area contributed by atoms with Crippen molar-refractivity contribution in [2.45, 2.75) is 18.4 Å². The fourth-order valence-electron chi connectivity index (χ4n) is 0.703. The van der Waals surface area contributed by atoms with Gasteiger partial charge in [0.25, 0.3) is 0 Å². The molecule has 0 heterocycles. The molecule has 3 N–H and O–H groups in total. The number of carbonyl (C=O) groups is 3. The summed E-state index contributed by atoms with van der Waals surface area (Å²) in [4.78, 5) is 30.3. The summed E-state index contributed by atoms with van der Waals surface area (Å²) in [6, 6.07) is 0. The Kier molecular flexibility index (Phi) is 24.2. The molecule has 11 nitrogen and oxygen atoms in total. The average Bonchev–Trinajstić information content (AvgIpc) is 1.95. The van der Waals surface area contributed by atoms with Crippen molar-refractivity contribution in [3.05, 3.63) is 0 Å². The van der Waals surface area contributed by atoms with Crippen LogP contribution in [0.5, 0.6) is 0 Å². The molecule has 0 rings (SSSR count). The molecule has 0 aromatic carbocycles. The third-order valence-electron chi connectivity index (χ3n) is 1.28. The number of carboxylic acid groups (broad SMARTS) is 3. The van der Waals surface area contributed by atoms with Crippen LogP contribution in [0.4, 0.5) is 0 Å². The second-order valence-corrected chi connectivity index (χ2v) is 4.01. The normalized spacial score (nSPS) is 11.8. The van der Waals surface area contributed by atoms with Gasteiger partial charge in [-0.3, -0.25) is 4.79 Å². The van der Waals surface area contributed by atoms with Crippen LogP contribution in [0.15, 0.2) is 0 Å². The van der Waals surface area contributed by atoms with Gasteiger partial charge >= 0.3 is 130 Å². The number of rotatable bonds is 5. The second-order valence-electron chi connectivity index (χ2n) is 2.83. The number of aliphatic hydroxyl groups is 1. The first-order chi connectivity index (χ1) is 7.78. The van der Waals surface area contributed by atoms with Gasteiger partial charge in [0.05, 0.1) is 6.42 Å². The van der Waals surface area contributed by atoms with E-state index in [1.165, 1.54) is 0 Å². The Balaban J connectivity index is -0.0000000933. The van der Waals surface area contributed by atoms with E-state index in [0.29, 0.717) is 0 Å². The van der Waals surface area contributed by atoms with Gasteiger partial charge in [0.15, 0.2) is 5.60 Å². The molecular formula is C6H7MnNa3O11. The molecule has 1 unspecified atom stereocenters. The quantitative estimate of drug-likeness (QED) is 0.381. The van der Waals surface area contributed by atoms with Crippen LogP contribution in [-0.4, -0.2) is 38.8 Å². The van der Waals surface area contributed by atoms with Crippen molar-refractivity contribution in [1.82, 2.24) is 0 Å². The average molecular weight is 379 g/mol. The number of aliphatic carboxylic acids is 3. The van der Waals surface area contributed by atoms with Crippen LogP contribution in [0.1, 0.15) is 12.8 Å². The van der Waals surface area contributed by atoms with Crippen LogP contribution in [-0.2, 0) is 35.4 Å². The van der Waals surface area contributed by atoms with Crippen LogP contribution in [0.3, 0.4) is 0 Å². The van der Waals surface area contributed by atoms with Gasteiger partial charge in [0, 0.05) is 12.4 Å². The summed E-state index contributed by atoms with van der Waals surface area (Å²) in [6.45, 7) is 0. The van der Waals surface area contributed by atoms with E-state index in [1.807, 2.05) is 0 Å². The summed E-state index contributed by atoms with van der Waals surface area (Å²) < 4.78 is 34.3. The molecule has 0 aliphatic rings. The van der Waals surface area contributed by atoms with Gasteiger partial charge in [0.1, 0.15) is 0 Å². The summed E-state index contributed by atoms with van der Waals surface area (Å²) in [5.74, 6) is -5.34. The number of hydrogen-bond donors (Lipinski definition) is 3. The van der Waals surface area contributed by atoms with E-state index in [0.717, 1.165) is 0 Å². The predicted molar refractivity (Wildman–Crippen MR) is 35.8 cm³/mol. The molecule has 0 fully saturated rings. The van der Waals surface area contributed by atoms with Gasteiger partial charge in [-0.25, -0.2) is 4.79 Å². The summed E-state index contributed by atoms with van der Waals surface area (Å²) in [5.41, 5.74) is -2.80. The van der Waals surface area contributed by atoms with E-state index in [1.54, 1.807) is 0 Å². The number of carbonyl (C=O) groups excluding carboxylic acids is 1.